The molecule has 0 radical (unpaired) electrons. The molecule has 1 fully saturated rings. The molecule has 1 aromatic carbocycles. The second kappa shape index (κ2) is 7.23. The summed E-state index contributed by atoms with van der Waals surface area (Å²) in [6, 6.07) is 5.60. The van der Waals surface area contributed by atoms with E-state index in [-0.39, 0.29) is 23.4 Å². The Bertz CT molecular complexity index is 813. The molecular weight excluding hydrogens is 341 g/mol. The number of hydrogen-bond donors (Lipinski definition) is 3. The normalized spacial score (nSPS) is 14.5. The number of halogens is 1. The van der Waals surface area contributed by atoms with Crippen molar-refractivity contribution in [3.63, 3.8) is 0 Å². The van der Waals surface area contributed by atoms with Crippen LogP contribution in [-0.2, 0) is 4.79 Å². The van der Waals surface area contributed by atoms with Crippen LogP contribution in [0.25, 0.3) is 0 Å². The molecule has 0 saturated heterocycles. The maximum Gasteiger partial charge on any atom is 0.266 e. The van der Waals surface area contributed by atoms with Gasteiger partial charge in [0, 0.05) is 5.92 Å². The first-order chi connectivity index (χ1) is 11.9. The molecule has 4 N–H and O–H groups in total. The summed E-state index contributed by atoms with van der Waals surface area (Å²) in [5, 5.41) is 6.17. The van der Waals surface area contributed by atoms with Gasteiger partial charge in [0.05, 0.1) is 21.3 Å². The molecule has 0 bridgehead atoms. The number of nitrogen functional groups attached to an aromatic ring is 1. The van der Waals surface area contributed by atoms with E-state index in [2.05, 4.69) is 10.6 Å². The number of carbonyl (C=O) groups excluding carboxylic acids is 2. The summed E-state index contributed by atoms with van der Waals surface area (Å²) in [4.78, 5) is 25.1. The van der Waals surface area contributed by atoms with Crippen molar-refractivity contribution in [3.8, 4) is 0 Å². The van der Waals surface area contributed by atoms with Gasteiger partial charge < -0.3 is 16.4 Å². The first kappa shape index (κ1) is 17.4. The number of benzene rings is 1. The molecule has 0 atom stereocenters. The Balaban J connectivity index is 1.72. The fourth-order valence-electron chi connectivity index (χ4n) is 3.00. The quantitative estimate of drug-likeness (QED) is 0.715. The van der Waals surface area contributed by atoms with Gasteiger partial charge >= 0.3 is 0 Å². The molecule has 2 aromatic rings. The van der Waals surface area contributed by atoms with Gasteiger partial charge in [-0.25, -0.2) is 4.39 Å². The topological polar surface area (TPSA) is 84.2 Å². The van der Waals surface area contributed by atoms with Gasteiger partial charge in [0.15, 0.2) is 0 Å². The van der Waals surface area contributed by atoms with Crippen molar-refractivity contribution in [3.05, 3.63) is 40.5 Å². The minimum absolute atomic E-state index is 0.0140. The third kappa shape index (κ3) is 3.99. The van der Waals surface area contributed by atoms with E-state index in [1.807, 2.05) is 0 Å². The number of hydrogen-bond acceptors (Lipinski definition) is 4. The fraction of sp³-hybridized carbons (Fsp3) is 0.333. The zero-order valence-corrected chi connectivity index (χ0v) is 14.7. The SMILES string of the molecule is Cc1cc(NC(=O)C2CCCC2)sc1C(=O)Nc1cc(F)ccc1N. The monoisotopic (exact) mass is 361 g/mol. The van der Waals surface area contributed by atoms with Gasteiger partial charge in [0.25, 0.3) is 5.91 Å². The summed E-state index contributed by atoms with van der Waals surface area (Å²) in [6.45, 7) is 1.80. The van der Waals surface area contributed by atoms with Crippen LogP contribution >= 0.6 is 11.3 Å². The lowest BCUT2D eigenvalue weighted by Gasteiger charge is -2.08. The van der Waals surface area contributed by atoms with Crippen molar-refractivity contribution in [1.29, 1.82) is 0 Å². The van der Waals surface area contributed by atoms with E-state index in [0.717, 1.165) is 31.2 Å². The summed E-state index contributed by atoms with van der Waals surface area (Å²) >= 11 is 1.21. The summed E-state index contributed by atoms with van der Waals surface area (Å²) in [5.41, 5.74) is 7.03. The van der Waals surface area contributed by atoms with Gasteiger partial charge in [-0.3, -0.25) is 9.59 Å². The molecule has 7 heteroatoms. The summed E-state index contributed by atoms with van der Waals surface area (Å²) in [5.74, 6) is -0.773. The molecule has 1 heterocycles. The van der Waals surface area contributed by atoms with Crippen LogP contribution in [0.5, 0.6) is 0 Å². The Labute approximate surface area is 149 Å². The highest BCUT2D eigenvalue weighted by Gasteiger charge is 2.24. The second-order valence-corrected chi connectivity index (χ2v) is 7.33. The first-order valence-corrected chi connectivity index (χ1v) is 9.03. The molecule has 0 aliphatic heterocycles. The number of carbonyl (C=O) groups is 2. The Kier molecular flexibility index (Phi) is 5.03. The van der Waals surface area contributed by atoms with Crippen LogP contribution < -0.4 is 16.4 Å². The molecule has 0 spiro atoms. The maximum atomic E-state index is 13.3. The highest BCUT2D eigenvalue weighted by Crippen LogP contribution is 2.31. The third-order valence-corrected chi connectivity index (χ3v) is 5.51. The molecule has 5 nitrogen and oxygen atoms in total. The van der Waals surface area contributed by atoms with E-state index >= 15 is 0 Å². The average molecular weight is 361 g/mol. The van der Waals surface area contributed by atoms with E-state index in [0.29, 0.717) is 15.6 Å². The second-order valence-electron chi connectivity index (χ2n) is 6.28. The highest BCUT2D eigenvalue weighted by atomic mass is 32.1. The summed E-state index contributed by atoms with van der Waals surface area (Å²) in [6.07, 6.45) is 4.01. The average Bonchev–Trinajstić information content (AvgIpc) is 3.20. The first-order valence-electron chi connectivity index (χ1n) is 8.21. The van der Waals surface area contributed by atoms with Gasteiger partial charge in [0.2, 0.25) is 5.91 Å². The van der Waals surface area contributed by atoms with Crippen LogP contribution in [0.2, 0.25) is 0 Å². The zero-order chi connectivity index (χ0) is 18.0. The molecule has 3 rings (SSSR count). The van der Waals surface area contributed by atoms with Crippen molar-refractivity contribution in [2.45, 2.75) is 32.6 Å². The van der Waals surface area contributed by atoms with Gasteiger partial charge in [-0.15, -0.1) is 11.3 Å². The maximum absolute atomic E-state index is 13.3. The molecule has 25 heavy (non-hydrogen) atoms. The van der Waals surface area contributed by atoms with Crippen LogP contribution in [0.3, 0.4) is 0 Å². The van der Waals surface area contributed by atoms with Gasteiger partial charge in [0.1, 0.15) is 5.82 Å². The fourth-order valence-corrected chi connectivity index (χ4v) is 3.97. The zero-order valence-electron chi connectivity index (χ0n) is 13.9. The number of nitrogens with two attached hydrogens (primary N) is 1. The van der Waals surface area contributed by atoms with Crippen molar-refractivity contribution in [1.82, 2.24) is 0 Å². The van der Waals surface area contributed by atoms with Crippen molar-refractivity contribution in [2.24, 2.45) is 5.92 Å². The summed E-state index contributed by atoms with van der Waals surface area (Å²) < 4.78 is 13.3. The number of thiophene rings is 1. The van der Waals surface area contributed by atoms with Gasteiger partial charge in [-0.05, 0) is 49.6 Å². The molecule has 1 aliphatic carbocycles. The largest absolute Gasteiger partial charge is 0.397 e. The predicted octanol–water partition coefficient (Wildman–Crippen LogP) is 4.16. The number of rotatable bonds is 4. The lowest BCUT2D eigenvalue weighted by Crippen LogP contribution is -2.19. The van der Waals surface area contributed by atoms with Crippen LogP contribution in [0.4, 0.5) is 20.8 Å². The molecule has 132 valence electrons. The number of aryl methyl sites for hydroxylation is 1. The number of amides is 2. The minimum Gasteiger partial charge on any atom is -0.397 e. The smallest absolute Gasteiger partial charge is 0.266 e. The Morgan fingerprint density at radius 1 is 1.20 bits per heavy atom. The van der Waals surface area contributed by atoms with E-state index in [9.17, 15) is 14.0 Å². The van der Waals surface area contributed by atoms with Gasteiger partial charge in [-0.1, -0.05) is 12.8 Å². The molecule has 1 aliphatic rings. The lowest BCUT2D eigenvalue weighted by atomic mass is 10.1. The van der Waals surface area contributed by atoms with Crippen molar-refractivity contribution >= 4 is 39.5 Å². The van der Waals surface area contributed by atoms with Crippen LogP contribution in [-0.4, -0.2) is 11.8 Å². The van der Waals surface area contributed by atoms with E-state index in [1.54, 1.807) is 13.0 Å². The standard InChI is InChI=1S/C18H20FN3O2S/c1-10-8-15(22-17(23)11-4-2-3-5-11)25-16(10)18(24)21-14-9-12(19)6-7-13(14)20/h6-9,11H,2-5,20H2,1H3,(H,21,24)(H,22,23). The molecule has 2 amide bonds. The Morgan fingerprint density at radius 2 is 1.92 bits per heavy atom. The Morgan fingerprint density at radius 3 is 2.64 bits per heavy atom. The summed E-state index contributed by atoms with van der Waals surface area (Å²) in [7, 11) is 0. The molecule has 1 aromatic heterocycles. The van der Waals surface area contributed by atoms with Crippen molar-refractivity contribution in [2.75, 3.05) is 16.4 Å². The highest BCUT2D eigenvalue weighted by molar-refractivity contribution is 7.18. The molecule has 0 unspecified atom stereocenters. The van der Waals surface area contributed by atoms with E-state index in [1.165, 1.54) is 29.5 Å². The Hall–Kier alpha value is -2.41. The minimum atomic E-state index is -0.475. The predicted molar refractivity (Wildman–Crippen MR) is 98.4 cm³/mol. The molecule has 1 saturated carbocycles. The third-order valence-electron chi connectivity index (χ3n) is 4.36. The number of nitrogens with one attached hydrogen (secondary N) is 2. The van der Waals surface area contributed by atoms with Crippen molar-refractivity contribution < 1.29 is 14.0 Å². The van der Waals surface area contributed by atoms with E-state index in [4.69, 9.17) is 5.73 Å². The van der Waals surface area contributed by atoms with Crippen LogP contribution in [0, 0.1) is 18.7 Å². The van der Waals surface area contributed by atoms with Crippen LogP contribution in [0.15, 0.2) is 24.3 Å². The lowest BCUT2D eigenvalue weighted by molar-refractivity contribution is -0.119. The van der Waals surface area contributed by atoms with Crippen LogP contribution in [0.1, 0.15) is 40.9 Å². The molecular formula is C18H20FN3O2S. The van der Waals surface area contributed by atoms with Gasteiger partial charge in [-0.2, -0.15) is 0 Å². The van der Waals surface area contributed by atoms with E-state index < -0.39 is 5.82 Å². The number of anilines is 3.